The highest BCUT2D eigenvalue weighted by Crippen LogP contribution is 2.26. The molecular formula is C17H15N3O3S. The molecule has 1 amide bonds. The fourth-order valence-electron chi connectivity index (χ4n) is 1.99. The van der Waals surface area contributed by atoms with E-state index in [1.54, 1.807) is 12.3 Å². The van der Waals surface area contributed by atoms with Gasteiger partial charge in [-0.05, 0) is 6.92 Å². The number of hydrogen-bond acceptors (Lipinski definition) is 6. The number of anilines is 1. The van der Waals surface area contributed by atoms with Crippen molar-refractivity contribution in [2.24, 2.45) is 0 Å². The molecule has 0 atom stereocenters. The van der Waals surface area contributed by atoms with E-state index in [0.29, 0.717) is 23.3 Å². The zero-order chi connectivity index (χ0) is 16.9. The first-order valence-corrected chi connectivity index (χ1v) is 8.10. The summed E-state index contributed by atoms with van der Waals surface area (Å²) in [6.45, 7) is 6.22. The molecule has 3 aromatic rings. The van der Waals surface area contributed by atoms with Gasteiger partial charge in [0.25, 0.3) is 5.91 Å². The predicted octanol–water partition coefficient (Wildman–Crippen LogP) is 4.06. The minimum absolute atomic E-state index is 0.189. The van der Waals surface area contributed by atoms with Crippen molar-refractivity contribution in [2.75, 3.05) is 11.9 Å². The summed E-state index contributed by atoms with van der Waals surface area (Å²) in [7, 11) is 0. The summed E-state index contributed by atoms with van der Waals surface area (Å²) in [5.41, 5.74) is 1.04. The van der Waals surface area contributed by atoms with Crippen LogP contribution in [0.1, 0.15) is 22.3 Å². The lowest BCUT2D eigenvalue weighted by Gasteiger charge is -2.02. The SMILES string of the molecule is C=C(OCC)c1cnc(NC(=O)c2cc(-c3ccccc3)on2)s1. The van der Waals surface area contributed by atoms with Crippen LogP contribution < -0.4 is 5.32 Å². The Kier molecular flexibility index (Phi) is 4.72. The molecule has 0 fully saturated rings. The lowest BCUT2D eigenvalue weighted by Crippen LogP contribution is -2.11. The molecule has 24 heavy (non-hydrogen) atoms. The van der Waals surface area contributed by atoms with Gasteiger partial charge in [0.2, 0.25) is 0 Å². The molecule has 0 aliphatic heterocycles. The van der Waals surface area contributed by atoms with Crippen LogP contribution in [-0.2, 0) is 4.74 Å². The van der Waals surface area contributed by atoms with Crippen LogP contribution in [0.25, 0.3) is 17.1 Å². The summed E-state index contributed by atoms with van der Waals surface area (Å²) in [4.78, 5) is 17.1. The summed E-state index contributed by atoms with van der Waals surface area (Å²) in [6.07, 6.45) is 1.61. The van der Waals surface area contributed by atoms with E-state index in [9.17, 15) is 4.79 Å². The van der Waals surface area contributed by atoms with Crippen LogP contribution >= 0.6 is 11.3 Å². The van der Waals surface area contributed by atoms with Crippen molar-refractivity contribution < 1.29 is 14.1 Å². The minimum Gasteiger partial charge on any atom is -0.493 e. The zero-order valence-electron chi connectivity index (χ0n) is 13.0. The fourth-order valence-corrected chi connectivity index (χ4v) is 2.72. The van der Waals surface area contributed by atoms with Crippen LogP contribution in [0.4, 0.5) is 5.13 Å². The normalized spacial score (nSPS) is 10.4. The molecule has 0 aliphatic rings. The van der Waals surface area contributed by atoms with Gasteiger partial charge in [0.05, 0.1) is 17.7 Å². The van der Waals surface area contributed by atoms with E-state index in [2.05, 4.69) is 22.0 Å². The Balaban J connectivity index is 1.70. The van der Waals surface area contributed by atoms with Crippen molar-refractivity contribution in [3.05, 3.63) is 59.7 Å². The Bertz CT molecular complexity index is 855. The molecule has 7 heteroatoms. The molecule has 1 aromatic carbocycles. The highest BCUT2D eigenvalue weighted by molar-refractivity contribution is 7.16. The van der Waals surface area contributed by atoms with Crippen LogP contribution in [0.3, 0.4) is 0 Å². The maximum Gasteiger partial charge on any atom is 0.279 e. The number of hydrogen-bond donors (Lipinski definition) is 1. The fraction of sp³-hybridized carbons (Fsp3) is 0.118. The highest BCUT2D eigenvalue weighted by Gasteiger charge is 2.16. The van der Waals surface area contributed by atoms with Gasteiger partial charge >= 0.3 is 0 Å². The van der Waals surface area contributed by atoms with Crippen LogP contribution in [0.2, 0.25) is 0 Å². The Morgan fingerprint density at radius 1 is 1.38 bits per heavy atom. The predicted molar refractivity (Wildman–Crippen MR) is 92.7 cm³/mol. The van der Waals surface area contributed by atoms with Gasteiger partial charge in [-0.25, -0.2) is 4.98 Å². The standard InChI is InChI=1S/C17H15N3O3S/c1-3-22-11(2)15-10-18-17(24-15)19-16(21)13-9-14(23-20-13)12-7-5-4-6-8-12/h4-10H,2-3H2,1H3,(H,18,19,21). The summed E-state index contributed by atoms with van der Waals surface area (Å²) >= 11 is 1.28. The van der Waals surface area contributed by atoms with Crippen molar-refractivity contribution >= 4 is 28.1 Å². The summed E-state index contributed by atoms with van der Waals surface area (Å²) < 4.78 is 10.5. The van der Waals surface area contributed by atoms with Crippen LogP contribution in [0.5, 0.6) is 0 Å². The molecule has 2 heterocycles. The molecule has 6 nitrogen and oxygen atoms in total. The van der Waals surface area contributed by atoms with Crippen LogP contribution in [0.15, 0.2) is 53.7 Å². The van der Waals surface area contributed by atoms with Crippen LogP contribution in [0, 0.1) is 0 Å². The molecular weight excluding hydrogens is 326 g/mol. The number of nitrogens with zero attached hydrogens (tertiary/aromatic N) is 2. The van der Waals surface area contributed by atoms with E-state index >= 15 is 0 Å². The lowest BCUT2D eigenvalue weighted by molar-refractivity contribution is 0.101. The molecule has 0 bridgehead atoms. The molecule has 0 saturated heterocycles. The number of benzene rings is 1. The summed E-state index contributed by atoms with van der Waals surface area (Å²) in [5, 5.41) is 6.94. The first-order valence-electron chi connectivity index (χ1n) is 7.28. The smallest absolute Gasteiger partial charge is 0.279 e. The van der Waals surface area contributed by atoms with E-state index < -0.39 is 0 Å². The quantitative estimate of drug-likeness (QED) is 0.684. The Morgan fingerprint density at radius 3 is 2.92 bits per heavy atom. The monoisotopic (exact) mass is 341 g/mol. The van der Waals surface area contributed by atoms with Gasteiger partial charge in [0.1, 0.15) is 5.76 Å². The second kappa shape index (κ2) is 7.10. The van der Waals surface area contributed by atoms with Crippen molar-refractivity contribution in [2.45, 2.75) is 6.92 Å². The molecule has 0 saturated carbocycles. The largest absolute Gasteiger partial charge is 0.493 e. The average Bonchev–Trinajstić information content (AvgIpc) is 3.25. The molecule has 0 unspecified atom stereocenters. The minimum atomic E-state index is -0.385. The molecule has 0 spiro atoms. The number of nitrogens with one attached hydrogen (secondary N) is 1. The number of aromatic nitrogens is 2. The first-order chi connectivity index (χ1) is 11.7. The molecule has 3 rings (SSSR count). The second-order valence-electron chi connectivity index (χ2n) is 4.78. The molecule has 122 valence electrons. The topological polar surface area (TPSA) is 77.2 Å². The van der Waals surface area contributed by atoms with Crippen molar-refractivity contribution in [3.8, 4) is 11.3 Å². The Morgan fingerprint density at radius 2 is 2.17 bits per heavy atom. The Hall–Kier alpha value is -2.93. The third-order valence-corrected chi connectivity index (χ3v) is 4.07. The van der Waals surface area contributed by atoms with Crippen molar-refractivity contribution in [1.29, 1.82) is 0 Å². The van der Waals surface area contributed by atoms with Gasteiger partial charge in [0, 0.05) is 11.6 Å². The zero-order valence-corrected chi connectivity index (χ0v) is 13.8. The van der Waals surface area contributed by atoms with Crippen LogP contribution in [-0.4, -0.2) is 22.7 Å². The molecule has 0 aliphatic carbocycles. The van der Waals surface area contributed by atoms with E-state index in [4.69, 9.17) is 9.26 Å². The second-order valence-corrected chi connectivity index (χ2v) is 5.81. The van der Waals surface area contributed by atoms with Gasteiger partial charge in [-0.1, -0.05) is 53.4 Å². The van der Waals surface area contributed by atoms with E-state index in [-0.39, 0.29) is 11.6 Å². The number of amides is 1. The van der Waals surface area contributed by atoms with Gasteiger partial charge in [-0.15, -0.1) is 0 Å². The average molecular weight is 341 g/mol. The van der Waals surface area contributed by atoms with Crippen molar-refractivity contribution in [1.82, 2.24) is 10.1 Å². The highest BCUT2D eigenvalue weighted by atomic mass is 32.1. The number of ether oxygens (including phenoxy) is 1. The molecule has 2 aromatic heterocycles. The van der Waals surface area contributed by atoms with Gasteiger partial charge in [-0.2, -0.15) is 0 Å². The van der Waals surface area contributed by atoms with E-state index in [1.807, 2.05) is 37.3 Å². The number of carbonyl (C=O) groups is 1. The van der Waals surface area contributed by atoms with Gasteiger partial charge < -0.3 is 9.26 Å². The van der Waals surface area contributed by atoms with Crippen molar-refractivity contribution in [3.63, 3.8) is 0 Å². The van der Waals surface area contributed by atoms with Gasteiger partial charge in [-0.3, -0.25) is 10.1 Å². The van der Waals surface area contributed by atoms with Gasteiger partial charge in [0.15, 0.2) is 16.6 Å². The number of carbonyl (C=O) groups excluding carboxylic acids is 1. The van der Waals surface area contributed by atoms with E-state index in [1.165, 1.54) is 11.3 Å². The number of thiazole rings is 1. The summed E-state index contributed by atoms with van der Waals surface area (Å²) in [6, 6.07) is 11.0. The Labute approximate surface area is 142 Å². The molecule has 1 N–H and O–H groups in total. The maximum atomic E-state index is 12.2. The van der Waals surface area contributed by atoms with E-state index in [0.717, 1.165) is 10.4 Å². The lowest BCUT2D eigenvalue weighted by atomic mass is 10.1. The third-order valence-electron chi connectivity index (χ3n) is 3.12. The maximum absolute atomic E-state index is 12.2. The summed E-state index contributed by atoms with van der Waals surface area (Å²) in [5.74, 6) is 0.678. The molecule has 0 radical (unpaired) electrons. The number of rotatable bonds is 6. The third kappa shape index (κ3) is 3.52. The first kappa shape index (κ1) is 15.9.